The van der Waals surface area contributed by atoms with Gasteiger partial charge in [-0.3, -0.25) is 10.0 Å². The first kappa shape index (κ1) is 8.22. The summed E-state index contributed by atoms with van der Waals surface area (Å²) in [5.74, 6) is 0. The van der Waals surface area contributed by atoms with Crippen molar-refractivity contribution in [2.24, 2.45) is 4.99 Å². The minimum Gasteiger partial charge on any atom is -0.281 e. The van der Waals surface area contributed by atoms with Crippen LogP contribution in [0.5, 0.6) is 0 Å². The van der Waals surface area contributed by atoms with Crippen LogP contribution in [0.3, 0.4) is 0 Å². The Morgan fingerprint density at radius 3 is 2.82 bits per heavy atom. The molecule has 0 atom stereocenters. The van der Waals surface area contributed by atoms with E-state index < -0.39 is 10.0 Å². The van der Waals surface area contributed by atoms with Crippen LogP contribution >= 0.6 is 0 Å². The summed E-state index contributed by atoms with van der Waals surface area (Å²) < 4.78 is 21.3. The van der Waals surface area contributed by atoms with E-state index in [1.54, 1.807) is 18.5 Å². The van der Waals surface area contributed by atoms with Crippen LogP contribution in [0.1, 0.15) is 0 Å². The van der Waals surface area contributed by atoms with Crippen LogP contribution in [0.25, 0.3) is 0 Å². The predicted octanol–water partition coefficient (Wildman–Crippen LogP) is -0.692. The Morgan fingerprint density at radius 2 is 2.36 bits per heavy atom. The summed E-state index contributed by atoms with van der Waals surface area (Å²) >= 11 is 0. The molecule has 0 spiro atoms. The zero-order valence-corrected chi connectivity index (χ0v) is 6.87. The number of hydrogen-bond donors (Lipinski definition) is 1. The number of nitrogens with one attached hydrogen (secondary N) is 1. The molecule has 0 saturated carbocycles. The van der Waals surface area contributed by atoms with Gasteiger partial charge in [-0.2, -0.15) is 0 Å². The third kappa shape index (κ3) is 3.15. The zero-order valence-electron chi connectivity index (χ0n) is 6.06. The van der Waals surface area contributed by atoms with Crippen LogP contribution in [0, 0.1) is 0 Å². The van der Waals surface area contributed by atoms with Crippen molar-refractivity contribution in [1.29, 1.82) is 0 Å². The van der Waals surface area contributed by atoms with Crippen molar-refractivity contribution in [3.05, 3.63) is 12.3 Å². The van der Waals surface area contributed by atoms with Gasteiger partial charge in [0.1, 0.15) is 6.67 Å². The Labute approximate surface area is 65.4 Å². The molecule has 0 aromatic carbocycles. The molecule has 0 radical (unpaired) electrons. The second-order valence-electron chi connectivity index (χ2n) is 2.15. The average molecular weight is 175 g/mol. The van der Waals surface area contributed by atoms with Gasteiger partial charge in [-0.25, -0.2) is 8.42 Å². The Hall–Kier alpha value is -0.880. The fourth-order valence-electron chi connectivity index (χ4n) is 0.658. The van der Waals surface area contributed by atoms with Gasteiger partial charge in [0, 0.05) is 12.4 Å². The van der Waals surface area contributed by atoms with Crippen LogP contribution < -0.4 is 4.83 Å². The molecule has 5 nitrogen and oxygen atoms in total. The standard InChI is InChI=1S/C5H9N3O2S/c1-11(9,10)7-8-4-2-3-6-5-8/h2-4,7H,5H2,1H3. The largest absolute Gasteiger partial charge is 0.281 e. The van der Waals surface area contributed by atoms with Crippen LogP contribution in [0.4, 0.5) is 0 Å². The molecule has 0 fully saturated rings. The average Bonchev–Trinajstić information content (AvgIpc) is 1.85. The molecule has 1 aliphatic rings. The molecular formula is C5H9N3O2S. The summed E-state index contributed by atoms with van der Waals surface area (Å²) in [6.07, 6.45) is 5.97. The number of hydrazine groups is 1. The number of sulfonamides is 1. The summed E-state index contributed by atoms with van der Waals surface area (Å²) in [5.41, 5.74) is 0. The van der Waals surface area contributed by atoms with E-state index in [2.05, 4.69) is 9.82 Å². The Morgan fingerprint density at radius 1 is 1.64 bits per heavy atom. The summed E-state index contributed by atoms with van der Waals surface area (Å²) in [5, 5.41) is 1.38. The zero-order chi connectivity index (χ0) is 8.32. The van der Waals surface area contributed by atoms with Crippen LogP contribution in [-0.4, -0.2) is 32.6 Å². The van der Waals surface area contributed by atoms with Gasteiger partial charge in [-0.05, 0) is 6.08 Å². The first-order chi connectivity index (χ1) is 5.08. The van der Waals surface area contributed by atoms with Gasteiger partial charge in [0.15, 0.2) is 0 Å². The lowest BCUT2D eigenvalue weighted by Crippen LogP contribution is -2.38. The maximum Gasteiger partial charge on any atom is 0.225 e. The SMILES string of the molecule is CS(=O)(=O)NN1C=CC=NC1. The molecule has 1 N–H and O–H groups in total. The van der Waals surface area contributed by atoms with Gasteiger partial charge in [0.2, 0.25) is 10.0 Å². The van der Waals surface area contributed by atoms with Crippen LogP contribution in [0.2, 0.25) is 0 Å². The minimum atomic E-state index is -3.17. The Kier molecular flexibility index (Phi) is 2.25. The third-order valence-corrected chi connectivity index (χ3v) is 1.54. The van der Waals surface area contributed by atoms with E-state index in [9.17, 15) is 8.42 Å². The lowest BCUT2D eigenvalue weighted by molar-refractivity contribution is 0.346. The van der Waals surface area contributed by atoms with E-state index in [4.69, 9.17) is 0 Å². The van der Waals surface area contributed by atoms with Crippen molar-refractivity contribution in [2.75, 3.05) is 12.9 Å². The van der Waals surface area contributed by atoms with Crippen LogP contribution in [0.15, 0.2) is 17.3 Å². The van der Waals surface area contributed by atoms with Gasteiger partial charge >= 0.3 is 0 Å². The summed E-state index contributed by atoms with van der Waals surface area (Å²) in [4.78, 5) is 6.09. The molecule has 0 aromatic rings. The number of allylic oxidation sites excluding steroid dienone is 1. The second-order valence-corrected chi connectivity index (χ2v) is 3.87. The topological polar surface area (TPSA) is 61.8 Å². The molecule has 62 valence electrons. The van der Waals surface area contributed by atoms with E-state index in [1.165, 1.54) is 5.01 Å². The first-order valence-electron chi connectivity index (χ1n) is 2.98. The van der Waals surface area contributed by atoms with E-state index in [-0.39, 0.29) is 0 Å². The van der Waals surface area contributed by atoms with Crippen molar-refractivity contribution in [3.63, 3.8) is 0 Å². The molecule has 0 saturated heterocycles. The molecule has 6 heteroatoms. The Bertz CT molecular complexity index is 280. The second kappa shape index (κ2) is 3.02. The Balaban J connectivity index is 2.52. The molecular weight excluding hydrogens is 166 g/mol. The summed E-state index contributed by atoms with van der Waals surface area (Å²) in [6.45, 7) is 0.323. The van der Waals surface area contributed by atoms with Crippen molar-refractivity contribution in [1.82, 2.24) is 9.84 Å². The van der Waals surface area contributed by atoms with E-state index in [0.29, 0.717) is 6.67 Å². The monoisotopic (exact) mass is 175 g/mol. The highest BCUT2D eigenvalue weighted by molar-refractivity contribution is 7.88. The highest BCUT2D eigenvalue weighted by Crippen LogP contribution is 1.91. The summed E-state index contributed by atoms with van der Waals surface area (Å²) in [7, 11) is -3.17. The van der Waals surface area contributed by atoms with Crippen molar-refractivity contribution >= 4 is 16.2 Å². The van der Waals surface area contributed by atoms with Gasteiger partial charge in [0.25, 0.3) is 0 Å². The van der Waals surface area contributed by atoms with Gasteiger partial charge in [-0.1, -0.05) is 0 Å². The highest BCUT2D eigenvalue weighted by atomic mass is 32.2. The lowest BCUT2D eigenvalue weighted by atomic mass is 10.6. The van der Waals surface area contributed by atoms with Gasteiger partial charge in [-0.15, -0.1) is 4.83 Å². The fraction of sp³-hybridized carbons (Fsp3) is 0.400. The molecule has 1 heterocycles. The lowest BCUT2D eigenvalue weighted by Gasteiger charge is -2.18. The molecule has 0 aromatic heterocycles. The number of nitrogens with zero attached hydrogens (tertiary/aromatic N) is 2. The smallest absolute Gasteiger partial charge is 0.225 e. The number of rotatable bonds is 2. The minimum absolute atomic E-state index is 0.323. The molecule has 0 unspecified atom stereocenters. The molecule has 0 amide bonds. The molecule has 1 aliphatic heterocycles. The molecule has 0 aliphatic carbocycles. The van der Waals surface area contributed by atoms with Crippen molar-refractivity contribution < 1.29 is 8.42 Å². The van der Waals surface area contributed by atoms with E-state index in [1.807, 2.05) is 0 Å². The van der Waals surface area contributed by atoms with Gasteiger partial charge in [0.05, 0.1) is 6.26 Å². The third-order valence-electron chi connectivity index (χ3n) is 0.975. The molecule has 1 rings (SSSR count). The first-order valence-corrected chi connectivity index (χ1v) is 4.88. The van der Waals surface area contributed by atoms with Crippen molar-refractivity contribution in [2.45, 2.75) is 0 Å². The maximum absolute atomic E-state index is 10.7. The van der Waals surface area contributed by atoms with Crippen LogP contribution in [-0.2, 0) is 10.0 Å². The quantitative estimate of drug-likeness (QED) is 0.604. The number of aliphatic imine (C=N–C) groups is 1. The summed E-state index contributed by atoms with van der Waals surface area (Å²) in [6, 6.07) is 0. The van der Waals surface area contributed by atoms with Gasteiger partial charge < -0.3 is 0 Å². The number of hydrogen-bond acceptors (Lipinski definition) is 4. The predicted molar refractivity (Wildman–Crippen MR) is 42.3 cm³/mol. The molecule has 11 heavy (non-hydrogen) atoms. The van der Waals surface area contributed by atoms with Crippen molar-refractivity contribution in [3.8, 4) is 0 Å². The van der Waals surface area contributed by atoms with E-state index >= 15 is 0 Å². The fourth-order valence-corrected chi connectivity index (χ4v) is 1.20. The van der Waals surface area contributed by atoms with E-state index in [0.717, 1.165) is 6.26 Å². The highest BCUT2D eigenvalue weighted by Gasteiger charge is 2.05. The normalized spacial score (nSPS) is 17.4. The molecule has 0 bridgehead atoms. The maximum atomic E-state index is 10.7.